The van der Waals surface area contributed by atoms with E-state index < -0.39 is 34.7 Å². The van der Waals surface area contributed by atoms with E-state index in [1.54, 1.807) is 45.0 Å². The molecule has 0 radical (unpaired) electrons. The minimum Gasteiger partial charge on any atom is -0.494 e. The number of hydrogen-bond donors (Lipinski definition) is 3. The number of carbonyl (C=O) groups is 2. The topological polar surface area (TPSA) is 118 Å². The van der Waals surface area contributed by atoms with Crippen LogP contribution in [0.3, 0.4) is 0 Å². The summed E-state index contributed by atoms with van der Waals surface area (Å²) in [6.45, 7) is 5.48. The second-order valence-electron chi connectivity index (χ2n) is 9.86. The maximum absolute atomic E-state index is 13.5. The number of benzene rings is 2. The second kappa shape index (κ2) is 12.8. The van der Waals surface area contributed by atoms with E-state index in [0.717, 1.165) is 18.2 Å². The zero-order valence-electron chi connectivity index (χ0n) is 21.7. The number of aliphatic hydroxyl groups excluding tert-OH is 1. The van der Waals surface area contributed by atoms with Gasteiger partial charge in [-0.05, 0) is 69.2 Å². The van der Waals surface area contributed by atoms with E-state index in [1.807, 2.05) is 0 Å². The van der Waals surface area contributed by atoms with Gasteiger partial charge < -0.3 is 19.3 Å². The summed E-state index contributed by atoms with van der Waals surface area (Å²) >= 11 is 0. The van der Waals surface area contributed by atoms with Crippen molar-refractivity contribution in [1.29, 1.82) is 0 Å². The molecular weight excluding hydrogens is 500 g/mol. The van der Waals surface area contributed by atoms with Crippen LogP contribution in [0.15, 0.2) is 47.5 Å². The van der Waals surface area contributed by atoms with Gasteiger partial charge in [-0.2, -0.15) is 0 Å². The fourth-order valence-electron chi connectivity index (χ4n) is 3.66. The minimum atomic E-state index is -1.44. The number of ether oxygens (including phenoxy) is 3. The van der Waals surface area contributed by atoms with Crippen molar-refractivity contribution in [3.8, 4) is 5.75 Å². The van der Waals surface area contributed by atoms with E-state index in [1.165, 1.54) is 0 Å². The molecule has 206 valence electrons. The Hall–Kier alpha value is -3.57. The van der Waals surface area contributed by atoms with Gasteiger partial charge in [-0.3, -0.25) is 15.0 Å². The Labute approximate surface area is 220 Å². The van der Waals surface area contributed by atoms with Gasteiger partial charge in [0.2, 0.25) is 5.90 Å². The molecule has 9 nitrogen and oxygen atoms in total. The first-order valence-electron chi connectivity index (χ1n) is 12.3. The van der Waals surface area contributed by atoms with Gasteiger partial charge in [0.1, 0.15) is 29.6 Å². The summed E-state index contributed by atoms with van der Waals surface area (Å²) < 4.78 is 43.6. The first-order valence-corrected chi connectivity index (χ1v) is 12.3. The standard InChI is InChI=1S/C27H33F2N3O6/c1-26(2,3)38-23(34)9-10-27(25(35)32-30-16-18-13-20(28)15-21(29)14-18)17-37-24(31-27)19-5-7-22(8-6-19)36-12-4-11-33/h5-8,13-15,30,33H,4,9-12,16-17H2,1-3H3,(H,32,35)/t27-/m0/s1. The number of aliphatic imine (C=N–C) groups is 1. The maximum Gasteiger partial charge on any atom is 0.306 e. The molecule has 2 aromatic carbocycles. The van der Waals surface area contributed by atoms with Crippen molar-refractivity contribution in [1.82, 2.24) is 10.9 Å². The molecule has 0 unspecified atom stereocenters. The number of amides is 1. The van der Waals surface area contributed by atoms with Crippen LogP contribution in [0.25, 0.3) is 0 Å². The highest BCUT2D eigenvalue weighted by atomic mass is 19.1. The van der Waals surface area contributed by atoms with Gasteiger partial charge in [0.25, 0.3) is 5.91 Å². The smallest absolute Gasteiger partial charge is 0.306 e. The van der Waals surface area contributed by atoms with Crippen LogP contribution in [0.1, 0.15) is 51.2 Å². The number of carbonyl (C=O) groups excluding carboxylic acids is 2. The van der Waals surface area contributed by atoms with Gasteiger partial charge in [-0.15, -0.1) is 0 Å². The SMILES string of the molecule is CC(C)(C)OC(=O)CC[C@@]1(C(=O)NNCc2cc(F)cc(F)c2)COC(c2ccc(OCCCO)cc2)=N1. The lowest BCUT2D eigenvalue weighted by molar-refractivity contribution is -0.155. The molecule has 3 N–H and O–H groups in total. The summed E-state index contributed by atoms with van der Waals surface area (Å²) in [4.78, 5) is 30.2. The molecule has 0 aromatic heterocycles. The van der Waals surface area contributed by atoms with Gasteiger partial charge in [-0.25, -0.2) is 19.2 Å². The highest BCUT2D eigenvalue weighted by Gasteiger charge is 2.45. The van der Waals surface area contributed by atoms with Crippen LogP contribution >= 0.6 is 0 Å². The number of nitrogens with one attached hydrogen (secondary N) is 2. The molecule has 38 heavy (non-hydrogen) atoms. The van der Waals surface area contributed by atoms with Gasteiger partial charge >= 0.3 is 5.97 Å². The third-order valence-electron chi connectivity index (χ3n) is 5.44. The van der Waals surface area contributed by atoms with E-state index >= 15 is 0 Å². The van der Waals surface area contributed by atoms with Crippen LogP contribution in [0.4, 0.5) is 8.78 Å². The molecule has 1 aliphatic heterocycles. The molecule has 0 spiro atoms. The minimum absolute atomic E-state index is 0.00980. The molecule has 0 fully saturated rings. The number of hydrazine groups is 1. The number of esters is 1. The number of rotatable bonds is 12. The van der Waals surface area contributed by atoms with Gasteiger partial charge in [0.05, 0.1) is 6.61 Å². The Balaban J connectivity index is 1.73. The number of aliphatic hydroxyl groups is 1. The van der Waals surface area contributed by atoms with E-state index in [4.69, 9.17) is 19.3 Å². The molecule has 0 bridgehead atoms. The lowest BCUT2D eigenvalue weighted by atomic mass is 9.94. The average Bonchev–Trinajstić information content (AvgIpc) is 3.28. The van der Waals surface area contributed by atoms with Crippen LogP contribution < -0.4 is 15.6 Å². The van der Waals surface area contributed by atoms with E-state index in [0.29, 0.717) is 29.9 Å². The van der Waals surface area contributed by atoms with E-state index in [2.05, 4.69) is 15.8 Å². The van der Waals surface area contributed by atoms with Crippen molar-refractivity contribution in [2.24, 2.45) is 4.99 Å². The lowest BCUT2D eigenvalue weighted by Gasteiger charge is -2.24. The Kier molecular flexibility index (Phi) is 9.76. The summed E-state index contributed by atoms with van der Waals surface area (Å²) in [6, 6.07) is 9.95. The van der Waals surface area contributed by atoms with E-state index in [9.17, 15) is 18.4 Å². The average molecular weight is 534 g/mol. The molecule has 1 amide bonds. The quantitative estimate of drug-likeness (QED) is 0.218. The molecular formula is C27H33F2N3O6. The first-order chi connectivity index (χ1) is 18.0. The highest BCUT2D eigenvalue weighted by molar-refractivity contribution is 6.00. The Morgan fingerprint density at radius 1 is 1.13 bits per heavy atom. The van der Waals surface area contributed by atoms with Gasteiger partial charge in [0.15, 0.2) is 5.54 Å². The summed E-state index contributed by atoms with van der Waals surface area (Å²) in [5.74, 6) is -1.70. The van der Waals surface area contributed by atoms with Crippen LogP contribution in [-0.4, -0.2) is 53.8 Å². The molecule has 11 heteroatoms. The molecule has 0 aliphatic carbocycles. The monoisotopic (exact) mass is 533 g/mol. The number of nitrogens with zero attached hydrogens (tertiary/aromatic N) is 1. The molecule has 1 aliphatic rings. The fourth-order valence-corrected chi connectivity index (χ4v) is 3.66. The Morgan fingerprint density at radius 2 is 1.82 bits per heavy atom. The van der Waals surface area contributed by atoms with Crippen molar-refractivity contribution < 1.29 is 37.7 Å². The van der Waals surface area contributed by atoms with Crippen molar-refractivity contribution in [2.75, 3.05) is 19.8 Å². The normalized spacial score (nSPS) is 16.9. The van der Waals surface area contributed by atoms with Crippen molar-refractivity contribution in [3.05, 3.63) is 65.2 Å². The largest absolute Gasteiger partial charge is 0.494 e. The Morgan fingerprint density at radius 3 is 2.45 bits per heavy atom. The third-order valence-corrected chi connectivity index (χ3v) is 5.44. The lowest BCUT2D eigenvalue weighted by Crippen LogP contribution is -2.51. The van der Waals surface area contributed by atoms with Crippen LogP contribution in [0.5, 0.6) is 5.75 Å². The fraction of sp³-hybridized carbons (Fsp3) is 0.444. The van der Waals surface area contributed by atoms with Gasteiger partial charge in [-0.1, -0.05) is 0 Å². The third kappa shape index (κ3) is 8.49. The van der Waals surface area contributed by atoms with Gasteiger partial charge in [0, 0.05) is 37.6 Å². The Bertz CT molecular complexity index is 1130. The highest BCUT2D eigenvalue weighted by Crippen LogP contribution is 2.28. The summed E-state index contributed by atoms with van der Waals surface area (Å²) in [5, 5.41) is 8.88. The zero-order chi connectivity index (χ0) is 27.8. The molecule has 1 heterocycles. The number of hydrogen-bond acceptors (Lipinski definition) is 8. The molecule has 1 atom stereocenters. The van der Waals surface area contributed by atoms with Crippen molar-refractivity contribution >= 4 is 17.8 Å². The van der Waals surface area contributed by atoms with Crippen molar-refractivity contribution in [3.63, 3.8) is 0 Å². The molecule has 0 saturated heterocycles. The summed E-state index contributed by atoms with van der Waals surface area (Å²) in [7, 11) is 0. The zero-order valence-corrected chi connectivity index (χ0v) is 21.7. The molecule has 0 saturated carbocycles. The van der Waals surface area contributed by atoms with E-state index in [-0.39, 0.29) is 38.5 Å². The molecule has 3 rings (SSSR count). The second-order valence-corrected chi connectivity index (χ2v) is 9.86. The molecule has 2 aromatic rings. The predicted octanol–water partition coefficient (Wildman–Crippen LogP) is 3.18. The van der Waals surface area contributed by atoms with Crippen LogP contribution in [0, 0.1) is 11.6 Å². The number of halogens is 2. The van der Waals surface area contributed by atoms with Crippen molar-refractivity contribution in [2.45, 2.75) is 57.7 Å². The summed E-state index contributed by atoms with van der Waals surface area (Å²) in [5.41, 5.74) is 3.95. The first kappa shape index (κ1) is 29.0. The predicted molar refractivity (Wildman–Crippen MR) is 135 cm³/mol. The van der Waals surface area contributed by atoms with Crippen LogP contribution in [0.2, 0.25) is 0 Å². The maximum atomic E-state index is 13.5. The summed E-state index contributed by atoms with van der Waals surface area (Å²) in [6.07, 6.45) is 0.433. The van der Waals surface area contributed by atoms with Crippen LogP contribution in [-0.2, 0) is 25.6 Å².